The summed E-state index contributed by atoms with van der Waals surface area (Å²) >= 11 is 1.31. The van der Waals surface area contributed by atoms with Gasteiger partial charge in [0, 0.05) is 12.5 Å². The average molecular weight is 436 g/mol. The van der Waals surface area contributed by atoms with E-state index in [9.17, 15) is 4.79 Å². The molecule has 0 saturated heterocycles. The van der Waals surface area contributed by atoms with E-state index in [0.717, 1.165) is 10.6 Å². The Bertz CT molecular complexity index is 1180. The fraction of sp³-hybridized carbons (Fsp3) is 0.227. The predicted octanol–water partition coefficient (Wildman–Crippen LogP) is 4.85. The van der Waals surface area contributed by atoms with Crippen LogP contribution in [0.1, 0.15) is 47.4 Å². The number of rotatable bonds is 7. The molecule has 0 spiro atoms. The normalized spacial score (nSPS) is 11.0. The molecule has 8 nitrogen and oxygen atoms in total. The van der Waals surface area contributed by atoms with Crippen molar-refractivity contribution in [1.29, 1.82) is 0 Å². The molecule has 4 rings (SSSR count). The van der Waals surface area contributed by atoms with Crippen molar-refractivity contribution >= 4 is 22.4 Å². The van der Waals surface area contributed by atoms with Gasteiger partial charge in [-0.05, 0) is 23.6 Å². The van der Waals surface area contributed by atoms with Crippen molar-refractivity contribution in [3.05, 3.63) is 71.4 Å². The molecule has 31 heavy (non-hydrogen) atoms. The van der Waals surface area contributed by atoms with Gasteiger partial charge in [-0.2, -0.15) is 4.98 Å². The highest BCUT2D eigenvalue weighted by atomic mass is 32.1. The highest BCUT2D eigenvalue weighted by Crippen LogP contribution is 2.28. The summed E-state index contributed by atoms with van der Waals surface area (Å²) < 4.78 is 10.7. The quantitative estimate of drug-likeness (QED) is 0.442. The van der Waals surface area contributed by atoms with Crippen LogP contribution in [0.4, 0.5) is 5.13 Å². The third-order valence-corrected chi connectivity index (χ3v) is 5.42. The van der Waals surface area contributed by atoms with E-state index in [0.29, 0.717) is 34.1 Å². The van der Waals surface area contributed by atoms with Crippen molar-refractivity contribution in [1.82, 2.24) is 20.3 Å². The summed E-state index contributed by atoms with van der Waals surface area (Å²) in [6, 6.07) is 15.1. The number of carbonyl (C=O) groups is 1. The number of aromatic nitrogens is 4. The van der Waals surface area contributed by atoms with Gasteiger partial charge in [0.1, 0.15) is 10.8 Å². The molecule has 2 heterocycles. The van der Waals surface area contributed by atoms with E-state index >= 15 is 0 Å². The van der Waals surface area contributed by atoms with Crippen LogP contribution < -0.4 is 10.1 Å². The summed E-state index contributed by atoms with van der Waals surface area (Å²) in [6.07, 6.45) is 0. The molecular weight excluding hydrogens is 414 g/mol. The second-order valence-corrected chi connectivity index (χ2v) is 8.14. The number of benzene rings is 2. The molecule has 0 aliphatic heterocycles. The van der Waals surface area contributed by atoms with Crippen molar-refractivity contribution in [2.45, 2.75) is 33.3 Å². The van der Waals surface area contributed by atoms with Gasteiger partial charge in [-0.3, -0.25) is 10.1 Å². The highest BCUT2D eigenvalue weighted by molar-refractivity contribution is 7.18. The van der Waals surface area contributed by atoms with Gasteiger partial charge in [-0.1, -0.05) is 66.7 Å². The van der Waals surface area contributed by atoms with E-state index in [1.54, 1.807) is 31.2 Å². The second-order valence-electron chi connectivity index (χ2n) is 7.16. The van der Waals surface area contributed by atoms with Crippen molar-refractivity contribution in [3.8, 4) is 16.3 Å². The molecule has 0 saturated carbocycles. The molecule has 1 amide bonds. The number of nitrogens with one attached hydrogen (secondary N) is 1. The minimum absolute atomic E-state index is 0.0942. The Hall–Kier alpha value is -3.59. The molecule has 0 fully saturated rings. The smallest absolute Gasteiger partial charge is 0.261 e. The number of hydrogen-bond acceptors (Lipinski definition) is 8. The Morgan fingerprint density at radius 2 is 1.90 bits per heavy atom. The highest BCUT2D eigenvalue weighted by Gasteiger charge is 2.16. The van der Waals surface area contributed by atoms with Crippen molar-refractivity contribution < 1.29 is 14.1 Å². The first kappa shape index (κ1) is 20.7. The van der Waals surface area contributed by atoms with Crippen molar-refractivity contribution in [3.63, 3.8) is 0 Å². The van der Waals surface area contributed by atoms with Gasteiger partial charge in [0.25, 0.3) is 5.91 Å². The molecule has 158 valence electrons. The van der Waals surface area contributed by atoms with E-state index in [1.807, 2.05) is 12.1 Å². The van der Waals surface area contributed by atoms with Crippen LogP contribution >= 0.6 is 11.3 Å². The van der Waals surface area contributed by atoms with E-state index < -0.39 is 0 Å². The molecule has 2 aromatic carbocycles. The van der Waals surface area contributed by atoms with E-state index in [1.165, 1.54) is 16.9 Å². The molecule has 4 aromatic rings. The molecule has 2 aromatic heterocycles. The molecule has 0 bridgehead atoms. The summed E-state index contributed by atoms with van der Waals surface area (Å²) in [4.78, 5) is 16.9. The average Bonchev–Trinajstić information content (AvgIpc) is 3.41. The number of carbonyl (C=O) groups excluding carboxylic acids is 1. The Kier molecular flexibility index (Phi) is 6.03. The van der Waals surface area contributed by atoms with Crippen molar-refractivity contribution in [2.24, 2.45) is 0 Å². The van der Waals surface area contributed by atoms with Crippen LogP contribution in [0, 0.1) is 6.92 Å². The summed E-state index contributed by atoms with van der Waals surface area (Å²) in [7, 11) is 0. The summed E-state index contributed by atoms with van der Waals surface area (Å²) in [5, 5.41) is 16.0. The van der Waals surface area contributed by atoms with E-state index in [2.05, 4.69) is 51.6 Å². The van der Waals surface area contributed by atoms with Gasteiger partial charge in [0.15, 0.2) is 6.61 Å². The van der Waals surface area contributed by atoms with Gasteiger partial charge in [-0.25, -0.2) is 0 Å². The van der Waals surface area contributed by atoms with Crippen LogP contribution in [0.15, 0.2) is 53.1 Å². The maximum absolute atomic E-state index is 12.8. The van der Waals surface area contributed by atoms with E-state index in [4.69, 9.17) is 9.26 Å². The fourth-order valence-corrected chi connectivity index (χ4v) is 3.63. The Morgan fingerprint density at radius 3 is 2.61 bits per heavy atom. The molecule has 0 radical (unpaired) electrons. The van der Waals surface area contributed by atoms with Crippen LogP contribution in [-0.4, -0.2) is 26.2 Å². The Balaban J connectivity index is 1.45. The van der Waals surface area contributed by atoms with Gasteiger partial charge >= 0.3 is 0 Å². The molecule has 9 heteroatoms. The zero-order chi connectivity index (χ0) is 21.8. The van der Waals surface area contributed by atoms with Crippen molar-refractivity contribution in [2.75, 3.05) is 5.32 Å². The van der Waals surface area contributed by atoms with Crippen LogP contribution in [-0.2, 0) is 6.61 Å². The lowest BCUT2D eigenvalue weighted by Crippen LogP contribution is -2.13. The summed E-state index contributed by atoms with van der Waals surface area (Å²) in [5.74, 6) is 1.40. The lowest BCUT2D eigenvalue weighted by Gasteiger charge is -2.09. The molecule has 0 aliphatic carbocycles. The second kappa shape index (κ2) is 9.05. The van der Waals surface area contributed by atoms with Gasteiger partial charge in [0.05, 0.1) is 5.56 Å². The Labute approximate surface area is 183 Å². The third kappa shape index (κ3) is 4.95. The molecular formula is C22H21N5O3S. The lowest BCUT2D eigenvalue weighted by molar-refractivity contribution is 0.102. The molecule has 1 N–H and O–H groups in total. The monoisotopic (exact) mass is 435 g/mol. The number of para-hydroxylation sites is 1. The molecule has 0 aliphatic rings. The SMILES string of the molecule is Cc1nc(COc2ccccc2C(=O)Nc2nnc(-c3ccc(C(C)C)cc3)s2)no1. The lowest BCUT2D eigenvalue weighted by atomic mass is 10.0. The minimum atomic E-state index is -0.335. The number of nitrogens with zero attached hydrogens (tertiary/aromatic N) is 4. The molecule has 0 unspecified atom stereocenters. The van der Waals surface area contributed by atoms with E-state index in [-0.39, 0.29) is 12.5 Å². The number of anilines is 1. The third-order valence-electron chi connectivity index (χ3n) is 4.53. The summed E-state index contributed by atoms with van der Waals surface area (Å²) in [6.45, 7) is 6.10. The first-order valence-electron chi connectivity index (χ1n) is 9.76. The predicted molar refractivity (Wildman–Crippen MR) is 117 cm³/mol. The zero-order valence-corrected chi connectivity index (χ0v) is 18.1. The topological polar surface area (TPSA) is 103 Å². The Morgan fingerprint density at radius 1 is 1.13 bits per heavy atom. The maximum atomic E-state index is 12.8. The van der Waals surface area contributed by atoms with Crippen LogP contribution in [0.3, 0.4) is 0 Å². The minimum Gasteiger partial charge on any atom is -0.485 e. The standard InChI is InChI=1S/C22H21N5O3S/c1-13(2)15-8-10-16(11-9-15)21-25-26-22(31-21)24-20(28)17-6-4-5-7-18(17)29-12-19-23-14(3)30-27-19/h4-11,13H,12H2,1-3H3,(H,24,26,28). The largest absolute Gasteiger partial charge is 0.485 e. The van der Waals surface area contributed by atoms with Gasteiger partial charge in [-0.15, -0.1) is 10.2 Å². The van der Waals surface area contributed by atoms with Crippen LogP contribution in [0.25, 0.3) is 10.6 Å². The molecule has 0 atom stereocenters. The number of aryl methyl sites for hydroxylation is 1. The van der Waals surface area contributed by atoms with Gasteiger partial charge < -0.3 is 9.26 Å². The van der Waals surface area contributed by atoms with Gasteiger partial charge in [0.2, 0.25) is 16.8 Å². The number of hydrogen-bond donors (Lipinski definition) is 1. The van der Waals surface area contributed by atoms with Crippen LogP contribution in [0.2, 0.25) is 0 Å². The van der Waals surface area contributed by atoms with Crippen LogP contribution in [0.5, 0.6) is 5.75 Å². The zero-order valence-electron chi connectivity index (χ0n) is 17.3. The summed E-state index contributed by atoms with van der Waals surface area (Å²) in [5.41, 5.74) is 2.59. The first-order valence-corrected chi connectivity index (χ1v) is 10.6. The fourth-order valence-electron chi connectivity index (χ4n) is 2.89. The maximum Gasteiger partial charge on any atom is 0.261 e. The number of amides is 1. The first-order chi connectivity index (χ1) is 15.0. The number of ether oxygens (including phenoxy) is 1.